The van der Waals surface area contributed by atoms with Gasteiger partial charge in [0.15, 0.2) is 10.1 Å². The molecule has 252 valence electrons. The van der Waals surface area contributed by atoms with Crippen LogP contribution < -0.4 is 14.6 Å². The van der Waals surface area contributed by atoms with Crippen LogP contribution in [0.25, 0.3) is 0 Å². The summed E-state index contributed by atoms with van der Waals surface area (Å²) >= 11 is 0. The van der Waals surface area contributed by atoms with Crippen LogP contribution in [0.1, 0.15) is 11.1 Å². The van der Waals surface area contributed by atoms with Crippen molar-refractivity contribution in [2.45, 2.75) is 36.2 Å². The third-order valence-electron chi connectivity index (χ3n) is 6.72. The molecule has 0 atom stereocenters. The minimum absolute atomic E-state index is 0.0401. The normalized spacial score (nSPS) is 12.0. The fourth-order valence-corrected chi connectivity index (χ4v) is 5.87. The van der Waals surface area contributed by atoms with Gasteiger partial charge in [0, 0.05) is 38.6 Å². The first-order chi connectivity index (χ1) is 21.7. The first-order valence-electron chi connectivity index (χ1n) is 14.4. The van der Waals surface area contributed by atoms with Gasteiger partial charge in [-0.3, -0.25) is 9.36 Å². The molecule has 4 aromatic rings. The zero-order chi connectivity index (χ0) is 33.9. The Hall–Kier alpha value is -3.80. The summed E-state index contributed by atoms with van der Waals surface area (Å²) in [5, 5.41) is 13.0. The summed E-state index contributed by atoms with van der Waals surface area (Å²) < 4.78 is 63.9. The SMILES string of the molecule is CN(C)CCn1ccc(S(N)(=O)=O)n1.COc1ccc(CN(Cc2ccc(OC)cc2)S(=O)(=O)c2ccn(CCN(C)C)n2)cc1. The number of ether oxygens (including phenoxy) is 2. The van der Waals surface area contributed by atoms with Crippen LogP contribution in [0.5, 0.6) is 11.5 Å². The van der Waals surface area contributed by atoms with Gasteiger partial charge in [0.05, 0.1) is 27.3 Å². The lowest BCUT2D eigenvalue weighted by Crippen LogP contribution is -2.31. The van der Waals surface area contributed by atoms with Crippen molar-refractivity contribution in [3.8, 4) is 11.5 Å². The Morgan fingerprint density at radius 2 is 1.04 bits per heavy atom. The number of aromatic nitrogens is 4. The van der Waals surface area contributed by atoms with Crippen molar-refractivity contribution < 1.29 is 26.3 Å². The molecule has 0 unspecified atom stereocenters. The third-order valence-corrected chi connectivity index (χ3v) is 9.20. The first kappa shape index (κ1) is 36.7. The predicted molar refractivity (Wildman–Crippen MR) is 175 cm³/mol. The minimum Gasteiger partial charge on any atom is -0.497 e. The molecule has 2 heterocycles. The van der Waals surface area contributed by atoms with E-state index in [9.17, 15) is 16.8 Å². The van der Waals surface area contributed by atoms with E-state index in [0.29, 0.717) is 13.1 Å². The van der Waals surface area contributed by atoms with E-state index in [4.69, 9.17) is 14.6 Å². The topological polar surface area (TPSA) is 158 Å². The van der Waals surface area contributed by atoms with E-state index in [2.05, 4.69) is 10.2 Å². The fraction of sp³-hybridized carbons (Fsp3) is 0.400. The molecule has 16 heteroatoms. The van der Waals surface area contributed by atoms with Gasteiger partial charge in [0.2, 0.25) is 0 Å². The molecule has 0 fully saturated rings. The standard InChI is InChI=1S/C23H30N4O4S.C7H14N4O2S/c1-25(2)15-16-26-14-13-23(24-26)32(28,29)27(17-19-5-9-21(30-3)10-6-19)18-20-7-11-22(31-4)12-8-20;1-10(2)5-6-11-4-3-7(9-11)14(8,12)13/h5-14H,15-18H2,1-4H3;3-4H,5-6H2,1-2H3,(H2,8,12,13). The molecule has 0 bridgehead atoms. The number of hydrogen-bond acceptors (Lipinski definition) is 10. The highest BCUT2D eigenvalue weighted by Gasteiger charge is 2.27. The molecule has 2 N–H and O–H groups in total. The first-order valence-corrected chi connectivity index (χ1v) is 17.3. The molecule has 0 radical (unpaired) electrons. The lowest BCUT2D eigenvalue weighted by atomic mass is 10.2. The van der Waals surface area contributed by atoms with Gasteiger partial charge >= 0.3 is 0 Å². The molecule has 0 aliphatic heterocycles. The number of hydrogen-bond donors (Lipinski definition) is 1. The number of primary sulfonamides is 1. The average Bonchev–Trinajstić information content (AvgIpc) is 3.71. The maximum atomic E-state index is 13.5. The van der Waals surface area contributed by atoms with Gasteiger partial charge < -0.3 is 19.3 Å². The minimum atomic E-state index is -3.82. The second kappa shape index (κ2) is 16.7. The third kappa shape index (κ3) is 11.2. The van der Waals surface area contributed by atoms with Gasteiger partial charge in [-0.05, 0) is 75.7 Å². The summed E-state index contributed by atoms with van der Waals surface area (Å²) in [6, 6.07) is 17.7. The van der Waals surface area contributed by atoms with Gasteiger partial charge in [-0.15, -0.1) is 0 Å². The molecule has 14 nitrogen and oxygen atoms in total. The monoisotopic (exact) mass is 676 g/mol. The predicted octanol–water partition coefficient (Wildman–Crippen LogP) is 1.95. The van der Waals surface area contributed by atoms with E-state index >= 15 is 0 Å². The van der Waals surface area contributed by atoms with E-state index in [1.54, 1.807) is 42.0 Å². The average molecular weight is 677 g/mol. The second-order valence-electron chi connectivity index (χ2n) is 11.0. The largest absolute Gasteiger partial charge is 0.497 e. The van der Waals surface area contributed by atoms with Crippen LogP contribution in [0, 0.1) is 0 Å². The number of benzene rings is 2. The molecule has 2 aromatic heterocycles. The number of rotatable bonds is 15. The van der Waals surface area contributed by atoms with Gasteiger partial charge in [-0.1, -0.05) is 24.3 Å². The number of methoxy groups -OCH3 is 2. The summed E-state index contributed by atoms with van der Waals surface area (Å²) in [7, 11) is 3.51. The molecule has 2 aromatic carbocycles. The highest BCUT2D eigenvalue weighted by molar-refractivity contribution is 7.89. The van der Waals surface area contributed by atoms with Gasteiger partial charge in [-0.25, -0.2) is 22.0 Å². The molecular formula is C30H44N8O6S2. The number of sulfonamides is 2. The van der Waals surface area contributed by atoms with Crippen molar-refractivity contribution >= 4 is 20.0 Å². The van der Waals surface area contributed by atoms with E-state index in [1.165, 1.54) is 10.4 Å². The van der Waals surface area contributed by atoms with Crippen LogP contribution in [-0.2, 0) is 46.2 Å². The summed E-state index contributed by atoms with van der Waals surface area (Å²) in [4.78, 5) is 4.01. The smallest absolute Gasteiger partial charge is 0.262 e. The van der Waals surface area contributed by atoms with Crippen molar-refractivity contribution in [1.29, 1.82) is 0 Å². The van der Waals surface area contributed by atoms with Gasteiger partial charge in [-0.2, -0.15) is 14.5 Å². The van der Waals surface area contributed by atoms with E-state index < -0.39 is 20.0 Å². The van der Waals surface area contributed by atoms with Crippen molar-refractivity contribution in [2.24, 2.45) is 5.14 Å². The molecule has 4 rings (SSSR count). The number of nitrogens with two attached hydrogens (primary N) is 1. The quantitative estimate of drug-likeness (QED) is 0.197. The Morgan fingerprint density at radius 3 is 1.39 bits per heavy atom. The zero-order valence-corrected chi connectivity index (χ0v) is 28.8. The summed E-state index contributed by atoms with van der Waals surface area (Å²) in [6.45, 7) is 3.24. The van der Waals surface area contributed by atoms with Crippen LogP contribution in [0.2, 0.25) is 0 Å². The van der Waals surface area contributed by atoms with E-state index in [-0.39, 0.29) is 23.1 Å². The maximum Gasteiger partial charge on any atom is 0.262 e. The van der Waals surface area contributed by atoms with Crippen molar-refractivity contribution in [3.63, 3.8) is 0 Å². The maximum absolute atomic E-state index is 13.5. The highest BCUT2D eigenvalue weighted by Crippen LogP contribution is 2.22. The molecule has 0 saturated heterocycles. The molecular weight excluding hydrogens is 633 g/mol. The Bertz CT molecular complexity index is 1670. The highest BCUT2D eigenvalue weighted by atomic mass is 32.2. The Kier molecular flexibility index (Phi) is 13.3. The lowest BCUT2D eigenvalue weighted by Gasteiger charge is -2.21. The lowest BCUT2D eigenvalue weighted by molar-refractivity contribution is 0.369. The Balaban J connectivity index is 0.000000344. The van der Waals surface area contributed by atoms with Gasteiger partial charge in [0.25, 0.3) is 20.0 Å². The van der Waals surface area contributed by atoms with Crippen LogP contribution in [-0.4, -0.2) is 106 Å². The molecule has 0 aliphatic carbocycles. The number of likely N-dealkylation sites (N-methyl/N-ethyl adjacent to an activating group) is 2. The van der Waals surface area contributed by atoms with Crippen LogP contribution >= 0.6 is 0 Å². The van der Waals surface area contributed by atoms with E-state index in [1.807, 2.05) is 86.5 Å². The van der Waals surface area contributed by atoms with Crippen molar-refractivity contribution in [2.75, 3.05) is 55.5 Å². The summed E-state index contributed by atoms with van der Waals surface area (Å²) in [5.41, 5.74) is 1.71. The number of nitrogens with zero attached hydrogens (tertiary/aromatic N) is 7. The molecule has 46 heavy (non-hydrogen) atoms. The van der Waals surface area contributed by atoms with Crippen molar-refractivity contribution in [3.05, 3.63) is 84.2 Å². The molecule has 0 amide bonds. The van der Waals surface area contributed by atoms with E-state index in [0.717, 1.165) is 35.7 Å². The zero-order valence-electron chi connectivity index (χ0n) is 27.1. The summed E-state index contributed by atoms with van der Waals surface area (Å²) in [5.74, 6) is 1.44. The van der Waals surface area contributed by atoms with Crippen LogP contribution in [0.4, 0.5) is 0 Å². The molecule has 0 saturated carbocycles. The van der Waals surface area contributed by atoms with Crippen molar-refractivity contribution in [1.82, 2.24) is 33.7 Å². The molecule has 0 spiro atoms. The molecule has 0 aliphatic rings. The second-order valence-corrected chi connectivity index (χ2v) is 14.3. The fourth-order valence-electron chi connectivity index (χ4n) is 4.06. The Labute approximate surface area is 272 Å². The van der Waals surface area contributed by atoms with Gasteiger partial charge in [0.1, 0.15) is 11.5 Å². The van der Waals surface area contributed by atoms with Crippen LogP contribution in [0.15, 0.2) is 83.1 Å². The van der Waals surface area contributed by atoms with Crippen LogP contribution in [0.3, 0.4) is 0 Å². The summed E-state index contributed by atoms with van der Waals surface area (Å²) in [6.07, 6.45) is 3.30. The Morgan fingerprint density at radius 1 is 0.652 bits per heavy atom.